The highest BCUT2D eigenvalue weighted by molar-refractivity contribution is 7.11. The molecule has 1 aliphatic rings. The van der Waals surface area contributed by atoms with E-state index in [1.807, 2.05) is 30.3 Å². The highest BCUT2D eigenvalue weighted by atomic mass is 32.1. The van der Waals surface area contributed by atoms with Crippen molar-refractivity contribution in [1.29, 1.82) is 0 Å². The van der Waals surface area contributed by atoms with Crippen LogP contribution in [0.15, 0.2) is 41.9 Å². The lowest BCUT2D eigenvalue weighted by Gasteiger charge is -2.26. The highest BCUT2D eigenvalue weighted by Crippen LogP contribution is 2.20. The fourth-order valence-corrected chi connectivity index (χ4v) is 4.53. The second kappa shape index (κ2) is 11.7. The molecule has 166 valence electrons. The van der Waals surface area contributed by atoms with Gasteiger partial charge in [0, 0.05) is 24.5 Å². The Labute approximate surface area is 187 Å². The van der Waals surface area contributed by atoms with Crippen LogP contribution < -0.4 is 11.1 Å². The van der Waals surface area contributed by atoms with Crippen molar-refractivity contribution in [3.8, 4) is 0 Å². The second-order valence-corrected chi connectivity index (χ2v) is 8.67. The molecule has 3 N–H and O–H groups in total. The predicted molar refractivity (Wildman–Crippen MR) is 121 cm³/mol. The van der Waals surface area contributed by atoms with E-state index in [-0.39, 0.29) is 17.6 Å². The van der Waals surface area contributed by atoms with Crippen molar-refractivity contribution in [3.63, 3.8) is 0 Å². The van der Waals surface area contributed by atoms with Crippen molar-refractivity contribution >= 4 is 28.9 Å². The first-order valence-corrected chi connectivity index (χ1v) is 11.8. The summed E-state index contributed by atoms with van der Waals surface area (Å²) in [5.74, 6) is -0.457. The van der Waals surface area contributed by atoms with Crippen LogP contribution in [0.2, 0.25) is 0 Å². The van der Waals surface area contributed by atoms with Crippen LogP contribution >= 0.6 is 11.3 Å². The zero-order valence-electron chi connectivity index (χ0n) is 17.7. The number of rotatable bonds is 11. The Morgan fingerprint density at radius 3 is 2.74 bits per heavy atom. The number of hydrogen-bond donors (Lipinski definition) is 2. The van der Waals surface area contributed by atoms with Crippen LogP contribution in [0.3, 0.4) is 0 Å². The number of Topliss-reactive ketones (excluding diaryl/α,β-unsaturated/α-hetero) is 1. The van der Waals surface area contributed by atoms with Crippen LogP contribution in [0.4, 0.5) is 0 Å². The molecule has 1 aromatic carbocycles. The van der Waals surface area contributed by atoms with Crippen molar-refractivity contribution in [2.45, 2.75) is 57.0 Å². The van der Waals surface area contributed by atoms with Crippen molar-refractivity contribution < 1.29 is 14.4 Å². The van der Waals surface area contributed by atoms with Gasteiger partial charge >= 0.3 is 0 Å². The van der Waals surface area contributed by atoms with Crippen LogP contribution in [0, 0.1) is 0 Å². The number of benzene rings is 1. The van der Waals surface area contributed by atoms with E-state index in [0.29, 0.717) is 43.8 Å². The minimum Gasteiger partial charge on any atom is -0.344 e. The van der Waals surface area contributed by atoms with Crippen molar-refractivity contribution in [1.82, 2.24) is 15.2 Å². The average molecular weight is 443 g/mol. The predicted octanol–water partition coefficient (Wildman–Crippen LogP) is 2.56. The van der Waals surface area contributed by atoms with Gasteiger partial charge in [0.25, 0.3) is 0 Å². The maximum Gasteiger partial charge on any atom is 0.243 e. The molecule has 1 aromatic heterocycles. The number of carbonyl (C=O) groups excluding carboxylic acids is 3. The Morgan fingerprint density at radius 2 is 2.03 bits per heavy atom. The SMILES string of the molecule is NCCCCC(NC(=O)[C@@H]1CCCN1C(=O)CCc1ccccc1)C(=O)c1nccs1. The third-order valence-electron chi connectivity index (χ3n) is 5.57. The van der Waals surface area contributed by atoms with Crippen LogP contribution in [-0.2, 0) is 16.0 Å². The zero-order valence-corrected chi connectivity index (χ0v) is 18.5. The maximum absolute atomic E-state index is 13.1. The quantitative estimate of drug-likeness (QED) is 0.411. The van der Waals surface area contributed by atoms with Gasteiger partial charge in [-0.3, -0.25) is 14.4 Å². The highest BCUT2D eigenvalue weighted by Gasteiger charge is 2.35. The van der Waals surface area contributed by atoms with E-state index in [9.17, 15) is 14.4 Å². The van der Waals surface area contributed by atoms with Gasteiger partial charge in [-0.25, -0.2) is 4.98 Å². The standard InChI is InChI=1S/C23H30N4O3S/c24-13-5-4-9-18(21(29)23-25-14-16-31-23)26-22(30)19-10-6-15-27(19)20(28)12-11-17-7-2-1-3-8-17/h1-3,7-8,14,16,18-19H,4-6,9-13,15,24H2,(H,26,30)/t18?,19-/m0/s1. The number of nitrogens with one attached hydrogen (secondary N) is 1. The molecule has 31 heavy (non-hydrogen) atoms. The lowest BCUT2D eigenvalue weighted by atomic mass is 10.0. The van der Waals surface area contributed by atoms with Crippen LogP contribution in [0.5, 0.6) is 0 Å². The number of nitrogens with two attached hydrogens (primary N) is 1. The Hall–Kier alpha value is -2.58. The third-order valence-corrected chi connectivity index (χ3v) is 6.36. The number of carbonyl (C=O) groups is 3. The molecule has 1 unspecified atom stereocenters. The van der Waals surface area contributed by atoms with Gasteiger partial charge in [0.05, 0.1) is 6.04 Å². The van der Waals surface area contributed by atoms with Gasteiger partial charge < -0.3 is 16.0 Å². The number of aromatic nitrogens is 1. The lowest BCUT2D eigenvalue weighted by molar-refractivity contribution is -0.138. The number of ketones is 1. The van der Waals surface area contributed by atoms with Gasteiger partial charge in [0.15, 0.2) is 5.01 Å². The number of aryl methyl sites for hydroxylation is 1. The number of hydrogen-bond acceptors (Lipinski definition) is 6. The molecule has 0 radical (unpaired) electrons. The molecular formula is C23H30N4O3S. The monoisotopic (exact) mass is 442 g/mol. The molecule has 7 nitrogen and oxygen atoms in total. The van der Waals surface area contributed by atoms with E-state index in [2.05, 4.69) is 10.3 Å². The summed E-state index contributed by atoms with van der Waals surface area (Å²) in [7, 11) is 0. The number of likely N-dealkylation sites (tertiary alicyclic amines) is 1. The number of nitrogens with zero attached hydrogens (tertiary/aromatic N) is 2. The van der Waals surface area contributed by atoms with Gasteiger partial charge in [-0.15, -0.1) is 11.3 Å². The molecule has 0 aliphatic carbocycles. The average Bonchev–Trinajstić information content (AvgIpc) is 3.49. The Balaban J connectivity index is 1.61. The molecule has 1 saturated heterocycles. The van der Waals surface area contributed by atoms with Gasteiger partial charge in [-0.05, 0) is 50.6 Å². The largest absolute Gasteiger partial charge is 0.344 e. The van der Waals surface area contributed by atoms with E-state index in [4.69, 9.17) is 5.73 Å². The molecule has 2 atom stereocenters. The summed E-state index contributed by atoms with van der Waals surface area (Å²) in [6.07, 6.45) is 6.03. The summed E-state index contributed by atoms with van der Waals surface area (Å²) in [6, 6.07) is 8.68. The third kappa shape index (κ3) is 6.45. The molecule has 3 rings (SSSR count). The first-order chi connectivity index (χ1) is 15.1. The summed E-state index contributed by atoms with van der Waals surface area (Å²) in [5.41, 5.74) is 6.68. The summed E-state index contributed by atoms with van der Waals surface area (Å²) in [5, 5.41) is 5.04. The number of amides is 2. The van der Waals surface area contributed by atoms with E-state index in [1.54, 1.807) is 16.5 Å². The normalized spacial score (nSPS) is 16.8. The van der Waals surface area contributed by atoms with Gasteiger partial charge in [0.1, 0.15) is 6.04 Å². The zero-order chi connectivity index (χ0) is 22.1. The van der Waals surface area contributed by atoms with Crippen molar-refractivity contribution in [2.24, 2.45) is 5.73 Å². The first kappa shape index (κ1) is 23.1. The van der Waals surface area contributed by atoms with Gasteiger partial charge in [-0.1, -0.05) is 30.3 Å². The molecule has 2 amide bonds. The molecule has 2 aromatic rings. The molecule has 2 heterocycles. The molecule has 1 aliphatic heterocycles. The van der Waals surface area contributed by atoms with Crippen molar-refractivity contribution in [3.05, 3.63) is 52.5 Å². The van der Waals surface area contributed by atoms with E-state index < -0.39 is 12.1 Å². The Kier molecular flexibility index (Phi) is 8.73. The molecular weight excluding hydrogens is 412 g/mol. The first-order valence-electron chi connectivity index (χ1n) is 10.9. The molecule has 0 bridgehead atoms. The van der Waals surface area contributed by atoms with Gasteiger partial charge in [0.2, 0.25) is 17.6 Å². The van der Waals surface area contributed by atoms with Crippen LogP contribution in [0.1, 0.15) is 53.9 Å². The topological polar surface area (TPSA) is 105 Å². The van der Waals surface area contributed by atoms with Crippen molar-refractivity contribution in [2.75, 3.05) is 13.1 Å². The molecule has 0 saturated carbocycles. The fourth-order valence-electron chi connectivity index (χ4n) is 3.90. The summed E-state index contributed by atoms with van der Waals surface area (Å²) in [6.45, 7) is 1.11. The van der Waals surface area contributed by atoms with E-state index in [1.165, 1.54) is 11.3 Å². The smallest absolute Gasteiger partial charge is 0.243 e. The minimum absolute atomic E-state index is 0.0209. The Morgan fingerprint density at radius 1 is 1.23 bits per heavy atom. The summed E-state index contributed by atoms with van der Waals surface area (Å²) >= 11 is 1.27. The van der Waals surface area contributed by atoms with Gasteiger partial charge in [-0.2, -0.15) is 0 Å². The Bertz CT molecular complexity index is 857. The number of thiazole rings is 1. The second-order valence-electron chi connectivity index (χ2n) is 7.78. The fraction of sp³-hybridized carbons (Fsp3) is 0.478. The minimum atomic E-state index is -0.646. The maximum atomic E-state index is 13.1. The summed E-state index contributed by atoms with van der Waals surface area (Å²) in [4.78, 5) is 44.5. The molecule has 1 fully saturated rings. The van der Waals surface area contributed by atoms with E-state index in [0.717, 1.165) is 24.8 Å². The summed E-state index contributed by atoms with van der Waals surface area (Å²) < 4.78 is 0. The van der Waals surface area contributed by atoms with Crippen LogP contribution in [0.25, 0.3) is 0 Å². The van der Waals surface area contributed by atoms with E-state index >= 15 is 0 Å². The molecule has 8 heteroatoms. The number of unbranched alkanes of at least 4 members (excludes halogenated alkanes) is 1. The lowest BCUT2D eigenvalue weighted by Crippen LogP contribution is -2.51. The van der Waals surface area contributed by atoms with Crippen LogP contribution in [-0.4, -0.2) is 52.7 Å². The molecule has 0 spiro atoms.